The smallest absolute Gasteiger partial charge is 0.279 e. The van der Waals surface area contributed by atoms with E-state index in [4.69, 9.17) is 4.52 Å². The minimum atomic E-state index is -0.352. The fourth-order valence-electron chi connectivity index (χ4n) is 2.65. The molecule has 0 aliphatic rings. The number of aromatic nitrogens is 3. The second-order valence-electron chi connectivity index (χ2n) is 5.86. The van der Waals surface area contributed by atoms with Crippen LogP contribution in [-0.2, 0) is 6.54 Å². The number of carbonyl (C=O) groups excluding carboxylic acids is 1. The first-order valence-corrected chi connectivity index (χ1v) is 9.09. The average Bonchev–Trinajstić information content (AvgIpc) is 3.34. The van der Waals surface area contributed by atoms with Crippen LogP contribution in [0.3, 0.4) is 0 Å². The number of hydrogen-bond donors (Lipinski definition) is 1. The van der Waals surface area contributed by atoms with Crippen LogP contribution in [0.5, 0.6) is 0 Å². The Kier molecular flexibility index (Phi) is 4.84. The van der Waals surface area contributed by atoms with Gasteiger partial charge in [-0.1, -0.05) is 69.6 Å². The fourth-order valence-corrected chi connectivity index (χ4v) is 3.06. The second-order valence-corrected chi connectivity index (χ2v) is 6.72. The molecule has 6 nitrogen and oxygen atoms in total. The van der Waals surface area contributed by atoms with Gasteiger partial charge in [-0.25, -0.2) is 4.68 Å². The van der Waals surface area contributed by atoms with E-state index in [0.717, 1.165) is 15.6 Å². The van der Waals surface area contributed by atoms with Gasteiger partial charge in [0.05, 0.1) is 12.7 Å². The van der Waals surface area contributed by atoms with Crippen molar-refractivity contribution in [3.63, 3.8) is 0 Å². The molecule has 0 spiro atoms. The van der Waals surface area contributed by atoms with Gasteiger partial charge in [0.25, 0.3) is 5.91 Å². The lowest BCUT2D eigenvalue weighted by atomic mass is 10.1. The Morgan fingerprint density at radius 3 is 2.67 bits per heavy atom. The van der Waals surface area contributed by atoms with Crippen LogP contribution < -0.4 is 5.32 Å². The quantitative estimate of drug-likeness (QED) is 0.509. The lowest BCUT2D eigenvalue weighted by Gasteiger charge is -2.09. The Morgan fingerprint density at radius 2 is 1.85 bits per heavy atom. The second kappa shape index (κ2) is 7.59. The third kappa shape index (κ3) is 3.83. The standard InChI is InChI=1S/C20H15BrN4O2/c21-16-9-5-4-8-15(16)13-25-19(10-11-22-25)23-20(26)17-12-18(27-24-17)14-6-2-1-3-7-14/h1-12H,13H2,(H,23,26). The summed E-state index contributed by atoms with van der Waals surface area (Å²) in [7, 11) is 0. The molecular formula is C20H15BrN4O2. The van der Waals surface area contributed by atoms with Crippen LogP contribution in [0.2, 0.25) is 0 Å². The van der Waals surface area contributed by atoms with Gasteiger partial charge in [0.15, 0.2) is 11.5 Å². The molecule has 2 heterocycles. The molecule has 1 N–H and O–H groups in total. The SMILES string of the molecule is O=C(Nc1ccnn1Cc1ccccc1Br)c1cc(-c2ccccc2)on1. The molecule has 0 atom stereocenters. The van der Waals surface area contributed by atoms with E-state index in [0.29, 0.717) is 18.1 Å². The molecule has 4 aromatic rings. The van der Waals surface area contributed by atoms with E-state index in [9.17, 15) is 4.79 Å². The molecule has 0 saturated carbocycles. The molecule has 0 aliphatic heterocycles. The molecule has 0 unspecified atom stereocenters. The van der Waals surface area contributed by atoms with Crippen molar-refractivity contribution in [2.75, 3.05) is 5.32 Å². The van der Waals surface area contributed by atoms with Crippen molar-refractivity contribution < 1.29 is 9.32 Å². The van der Waals surface area contributed by atoms with Gasteiger partial charge in [-0.05, 0) is 11.6 Å². The van der Waals surface area contributed by atoms with Crippen LogP contribution in [0.1, 0.15) is 16.1 Å². The third-order valence-corrected chi connectivity index (χ3v) is 4.81. The van der Waals surface area contributed by atoms with E-state index < -0.39 is 0 Å². The van der Waals surface area contributed by atoms with Gasteiger partial charge < -0.3 is 9.84 Å². The van der Waals surface area contributed by atoms with Gasteiger partial charge in [0, 0.05) is 22.2 Å². The van der Waals surface area contributed by atoms with Crippen LogP contribution >= 0.6 is 15.9 Å². The monoisotopic (exact) mass is 422 g/mol. The molecular weight excluding hydrogens is 408 g/mol. The van der Waals surface area contributed by atoms with Gasteiger partial charge in [0.2, 0.25) is 0 Å². The molecule has 7 heteroatoms. The molecule has 0 fully saturated rings. The summed E-state index contributed by atoms with van der Waals surface area (Å²) in [5.41, 5.74) is 2.13. The van der Waals surface area contributed by atoms with Crippen molar-refractivity contribution in [1.82, 2.24) is 14.9 Å². The Balaban J connectivity index is 1.51. The van der Waals surface area contributed by atoms with Crippen LogP contribution in [0.25, 0.3) is 11.3 Å². The Morgan fingerprint density at radius 1 is 1.07 bits per heavy atom. The van der Waals surface area contributed by atoms with E-state index in [2.05, 4.69) is 31.5 Å². The summed E-state index contributed by atoms with van der Waals surface area (Å²) in [6, 6.07) is 20.8. The van der Waals surface area contributed by atoms with Crippen molar-refractivity contribution >= 4 is 27.7 Å². The van der Waals surface area contributed by atoms with E-state index in [-0.39, 0.29) is 11.6 Å². The van der Waals surface area contributed by atoms with E-state index in [1.165, 1.54) is 0 Å². The maximum atomic E-state index is 12.5. The lowest BCUT2D eigenvalue weighted by molar-refractivity contribution is 0.101. The predicted molar refractivity (Wildman–Crippen MR) is 105 cm³/mol. The summed E-state index contributed by atoms with van der Waals surface area (Å²) in [5, 5.41) is 11.0. The maximum Gasteiger partial charge on any atom is 0.279 e. The molecule has 134 valence electrons. The highest BCUT2D eigenvalue weighted by Gasteiger charge is 2.16. The summed E-state index contributed by atoms with van der Waals surface area (Å²) in [6.45, 7) is 0.526. The summed E-state index contributed by atoms with van der Waals surface area (Å²) in [5.74, 6) is 0.775. The lowest BCUT2D eigenvalue weighted by Crippen LogP contribution is -2.16. The number of benzene rings is 2. The number of amides is 1. The van der Waals surface area contributed by atoms with Gasteiger partial charge >= 0.3 is 0 Å². The van der Waals surface area contributed by atoms with Crippen LogP contribution in [0, 0.1) is 0 Å². The zero-order chi connectivity index (χ0) is 18.6. The fraction of sp³-hybridized carbons (Fsp3) is 0.0500. The molecule has 0 aliphatic carbocycles. The van der Waals surface area contributed by atoms with Crippen molar-refractivity contribution in [2.45, 2.75) is 6.54 Å². The van der Waals surface area contributed by atoms with Gasteiger partial charge in [-0.3, -0.25) is 4.79 Å². The zero-order valence-corrected chi connectivity index (χ0v) is 15.8. The molecule has 0 saturated heterocycles. The highest BCUT2D eigenvalue weighted by molar-refractivity contribution is 9.10. The first kappa shape index (κ1) is 17.2. The molecule has 4 rings (SSSR count). The zero-order valence-electron chi connectivity index (χ0n) is 14.2. The summed E-state index contributed by atoms with van der Waals surface area (Å²) >= 11 is 3.53. The van der Waals surface area contributed by atoms with Crippen molar-refractivity contribution in [2.24, 2.45) is 0 Å². The largest absolute Gasteiger partial charge is 0.355 e. The van der Waals surface area contributed by atoms with Crippen LogP contribution in [-0.4, -0.2) is 20.8 Å². The highest BCUT2D eigenvalue weighted by Crippen LogP contribution is 2.21. The average molecular weight is 423 g/mol. The number of nitrogens with zero attached hydrogens (tertiary/aromatic N) is 3. The minimum Gasteiger partial charge on any atom is -0.355 e. The third-order valence-electron chi connectivity index (χ3n) is 4.04. The number of anilines is 1. The van der Waals surface area contributed by atoms with E-state index in [1.54, 1.807) is 23.0 Å². The Hall–Kier alpha value is -3.19. The van der Waals surface area contributed by atoms with Gasteiger partial charge in [-0.15, -0.1) is 0 Å². The molecule has 27 heavy (non-hydrogen) atoms. The van der Waals surface area contributed by atoms with Crippen LogP contribution in [0.4, 0.5) is 5.82 Å². The molecule has 2 aromatic heterocycles. The Labute approximate surface area is 163 Å². The summed E-state index contributed by atoms with van der Waals surface area (Å²) in [4.78, 5) is 12.5. The molecule has 0 bridgehead atoms. The van der Waals surface area contributed by atoms with Gasteiger partial charge in [-0.2, -0.15) is 5.10 Å². The van der Waals surface area contributed by atoms with Crippen LogP contribution in [0.15, 0.2) is 81.9 Å². The van der Waals surface area contributed by atoms with E-state index in [1.807, 2.05) is 54.6 Å². The molecule has 0 radical (unpaired) electrons. The normalized spacial score (nSPS) is 10.7. The topological polar surface area (TPSA) is 73.0 Å². The summed E-state index contributed by atoms with van der Waals surface area (Å²) < 4.78 is 8.00. The van der Waals surface area contributed by atoms with Crippen molar-refractivity contribution in [3.05, 3.63) is 88.7 Å². The first-order chi connectivity index (χ1) is 13.2. The Bertz CT molecular complexity index is 1070. The number of carbonyl (C=O) groups is 1. The maximum absolute atomic E-state index is 12.5. The van der Waals surface area contributed by atoms with Crippen molar-refractivity contribution in [1.29, 1.82) is 0 Å². The number of halogens is 1. The highest BCUT2D eigenvalue weighted by atomic mass is 79.9. The predicted octanol–water partition coefficient (Wildman–Crippen LogP) is 4.60. The number of nitrogens with one attached hydrogen (secondary N) is 1. The molecule has 2 aromatic carbocycles. The van der Waals surface area contributed by atoms with Gasteiger partial charge in [0.1, 0.15) is 5.82 Å². The van der Waals surface area contributed by atoms with E-state index >= 15 is 0 Å². The number of hydrogen-bond acceptors (Lipinski definition) is 4. The molecule has 1 amide bonds. The first-order valence-electron chi connectivity index (χ1n) is 8.29. The minimum absolute atomic E-state index is 0.211. The summed E-state index contributed by atoms with van der Waals surface area (Å²) in [6.07, 6.45) is 1.64. The van der Waals surface area contributed by atoms with Crippen molar-refractivity contribution in [3.8, 4) is 11.3 Å². The number of rotatable bonds is 5.